The molecule has 0 radical (unpaired) electrons. The molecule has 24 heavy (non-hydrogen) atoms. The molecule has 0 bridgehead atoms. The van der Waals surface area contributed by atoms with Crippen LogP contribution in [0, 0.1) is 12.8 Å². The van der Waals surface area contributed by atoms with Gasteiger partial charge in [0.1, 0.15) is 5.69 Å². The van der Waals surface area contributed by atoms with Crippen LogP contribution in [0.5, 0.6) is 0 Å². The van der Waals surface area contributed by atoms with E-state index in [2.05, 4.69) is 16.6 Å². The number of nitrogens with zero attached hydrogens (tertiary/aromatic N) is 2. The van der Waals surface area contributed by atoms with Crippen molar-refractivity contribution in [3.63, 3.8) is 0 Å². The molecule has 1 aliphatic heterocycles. The van der Waals surface area contributed by atoms with Crippen molar-refractivity contribution in [2.24, 2.45) is 5.92 Å². The number of halogens is 3. The van der Waals surface area contributed by atoms with Crippen molar-refractivity contribution in [3.8, 4) is 10.6 Å². The lowest BCUT2D eigenvalue weighted by Crippen LogP contribution is -2.38. The van der Waals surface area contributed by atoms with E-state index in [9.17, 15) is 18.0 Å². The lowest BCUT2D eigenvalue weighted by atomic mass is 10.0. The topological polar surface area (TPSA) is 46.3 Å². The zero-order valence-electron chi connectivity index (χ0n) is 13.3. The van der Waals surface area contributed by atoms with E-state index in [0.29, 0.717) is 22.2 Å². The summed E-state index contributed by atoms with van der Waals surface area (Å²) in [6.07, 6.45) is -2.49. The number of amides is 1. The van der Waals surface area contributed by atoms with Gasteiger partial charge in [-0.3, -0.25) is 4.79 Å². The fourth-order valence-corrected chi connectivity index (χ4v) is 3.95. The lowest BCUT2D eigenvalue weighted by molar-refractivity contribution is -0.156. The smallest absolute Gasteiger partial charge is 0.351 e. The summed E-state index contributed by atoms with van der Waals surface area (Å²) in [6.45, 7) is 4.86. The van der Waals surface area contributed by atoms with E-state index in [1.807, 2.05) is 0 Å². The Morgan fingerprint density at radius 2 is 2.17 bits per heavy atom. The third kappa shape index (κ3) is 3.19. The average Bonchev–Trinajstić information content (AvgIpc) is 3.12. The number of alkyl halides is 3. The number of aromatic nitrogens is 1. The largest absolute Gasteiger partial charge is 0.452 e. The minimum Gasteiger partial charge on any atom is -0.351 e. The third-order valence-corrected chi connectivity index (χ3v) is 5.26. The Hall–Kier alpha value is -1.83. The summed E-state index contributed by atoms with van der Waals surface area (Å²) in [7, 11) is 0. The summed E-state index contributed by atoms with van der Waals surface area (Å²) in [6, 6.07) is 3.26. The predicted octanol–water partition coefficient (Wildman–Crippen LogP) is 4.60. The number of thiophene rings is 1. The van der Waals surface area contributed by atoms with Crippen LogP contribution in [0.15, 0.2) is 16.7 Å². The van der Waals surface area contributed by atoms with Crippen molar-refractivity contribution in [3.05, 3.63) is 28.3 Å². The molecule has 3 heterocycles. The SMILES string of the molecule is Cc1c(-c2ccc(C(=O)N3CCC[C@@H](C)C3)s2)noc1C(F)(F)F. The summed E-state index contributed by atoms with van der Waals surface area (Å²) in [5, 5.41) is 3.54. The maximum atomic E-state index is 12.8. The molecule has 1 saturated heterocycles. The van der Waals surface area contributed by atoms with Gasteiger partial charge in [0.05, 0.1) is 9.75 Å². The van der Waals surface area contributed by atoms with Crippen LogP contribution >= 0.6 is 11.3 Å². The van der Waals surface area contributed by atoms with E-state index in [4.69, 9.17) is 0 Å². The average molecular weight is 358 g/mol. The molecule has 0 aromatic carbocycles. The summed E-state index contributed by atoms with van der Waals surface area (Å²) < 4.78 is 42.8. The Morgan fingerprint density at radius 1 is 1.42 bits per heavy atom. The van der Waals surface area contributed by atoms with E-state index >= 15 is 0 Å². The van der Waals surface area contributed by atoms with Crippen LogP contribution in [0.1, 0.15) is 40.8 Å². The number of rotatable bonds is 2. The first-order valence-corrected chi connectivity index (χ1v) is 8.52. The quantitative estimate of drug-likeness (QED) is 0.788. The van der Waals surface area contributed by atoms with E-state index < -0.39 is 11.9 Å². The highest BCUT2D eigenvalue weighted by atomic mass is 32.1. The van der Waals surface area contributed by atoms with Crippen LogP contribution in [0.2, 0.25) is 0 Å². The van der Waals surface area contributed by atoms with Gasteiger partial charge in [-0.05, 0) is 37.8 Å². The molecule has 130 valence electrons. The molecule has 8 heteroatoms. The number of carbonyl (C=O) groups is 1. The number of hydrogen-bond donors (Lipinski definition) is 0. The number of piperidine rings is 1. The van der Waals surface area contributed by atoms with Gasteiger partial charge in [0, 0.05) is 18.7 Å². The van der Waals surface area contributed by atoms with Gasteiger partial charge in [-0.25, -0.2) is 0 Å². The molecule has 1 amide bonds. The highest BCUT2D eigenvalue weighted by Crippen LogP contribution is 2.38. The van der Waals surface area contributed by atoms with E-state index in [0.717, 1.165) is 30.7 Å². The minimum absolute atomic E-state index is 0.0602. The van der Waals surface area contributed by atoms with Crippen molar-refractivity contribution < 1.29 is 22.5 Å². The van der Waals surface area contributed by atoms with Crippen molar-refractivity contribution in [2.45, 2.75) is 32.9 Å². The Balaban J connectivity index is 1.83. The Morgan fingerprint density at radius 3 is 2.79 bits per heavy atom. The normalized spacial score (nSPS) is 18.9. The fraction of sp³-hybridized carbons (Fsp3) is 0.500. The molecule has 0 aliphatic carbocycles. The second kappa shape index (κ2) is 6.23. The highest BCUT2D eigenvalue weighted by molar-refractivity contribution is 7.17. The molecule has 1 fully saturated rings. The summed E-state index contributed by atoms with van der Waals surface area (Å²) in [4.78, 5) is 15.4. The van der Waals surface area contributed by atoms with Crippen LogP contribution in [0.3, 0.4) is 0 Å². The zero-order chi connectivity index (χ0) is 17.5. The standard InChI is InChI=1S/C16H17F3N2O2S/c1-9-4-3-7-21(8-9)15(22)12-6-5-11(24-12)13-10(2)14(23-20-13)16(17,18)19/h5-6,9H,3-4,7-8H2,1-2H3/t9-/m1/s1. The lowest BCUT2D eigenvalue weighted by Gasteiger charge is -2.30. The van der Waals surface area contributed by atoms with Gasteiger partial charge < -0.3 is 9.42 Å². The van der Waals surface area contributed by atoms with Gasteiger partial charge in [-0.2, -0.15) is 13.2 Å². The monoisotopic (exact) mass is 358 g/mol. The number of hydrogen-bond acceptors (Lipinski definition) is 4. The Kier molecular flexibility index (Phi) is 4.42. The second-order valence-electron chi connectivity index (χ2n) is 6.15. The number of likely N-dealkylation sites (tertiary alicyclic amines) is 1. The van der Waals surface area contributed by atoms with Gasteiger partial charge in [0.15, 0.2) is 0 Å². The van der Waals surface area contributed by atoms with Crippen molar-refractivity contribution in [1.29, 1.82) is 0 Å². The molecule has 1 aliphatic rings. The van der Waals surface area contributed by atoms with Gasteiger partial charge in [-0.15, -0.1) is 11.3 Å². The molecule has 0 spiro atoms. The minimum atomic E-state index is -4.57. The first-order valence-electron chi connectivity index (χ1n) is 7.70. The maximum Gasteiger partial charge on any atom is 0.452 e. The van der Waals surface area contributed by atoms with Crippen molar-refractivity contribution in [2.75, 3.05) is 13.1 Å². The first kappa shape index (κ1) is 17.0. The van der Waals surface area contributed by atoms with Crippen LogP contribution in [0.4, 0.5) is 13.2 Å². The molecule has 0 unspecified atom stereocenters. The van der Waals surface area contributed by atoms with Crippen LogP contribution < -0.4 is 0 Å². The molecular weight excluding hydrogens is 341 g/mol. The first-order chi connectivity index (χ1) is 11.3. The number of carbonyl (C=O) groups excluding carboxylic acids is 1. The molecule has 4 nitrogen and oxygen atoms in total. The molecule has 2 aromatic rings. The molecule has 0 saturated carbocycles. The van der Waals surface area contributed by atoms with Gasteiger partial charge in [-0.1, -0.05) is 12.1 Å². The van der Waals surface area contributed by atoms with Crippen LogP contribution in [-0.2, 0) is 6.18 Å². The third-order valence-electron chi connectivity index (χ3n) is 4.18. The summed E-state index contributed by atoms with van der Waals surface area (Å²) in [5.41, 5.74) is 0.0772. The Bertz CT molecular complexity index is 751. The van der Waals surface area contributed by atoms with Crippen LogP contribution in [-0.4, -0.2) is 29.1 Å². The molecule has 0 N–H and O–H groups in total. The fourth-order valence-electron chi connectivity index (χ4n) is 2.94. The summed E-state index contributed by atoms with van der Waals surface area (Å²) in [5.74, 6) is -0.701. The van der Waals surface area contributed by atoms with Crippen molar-refractivity contribution >= 4 is 17.2 Å². The predicted molar refractivity (Wildman–Crippen MR) is 83.9 cm³/mol. The summed E-state index contributed by atoms with van der Waals surface area (Å²) >= 11 is 1.15. The maximum absolute atomic E-state index is 12.8. The van der Waals surface area contributed by atoms with Crippen LogP contribution in [0.25, 0.3) is 10.6 Å². The van der Waals surface area contributed by atoms with Gasteiger partial charge >= 0.3 is 6.18 Å². The molecule has 2 aromatic heterocycles. The highest BCUT2D eigenvalue weighted by Gasteiger charge is 2.39. The van der Waals surface area contributed by atoms with E-state index in [1.54, 1.807) is 17.0 Å². The van der Waals surface area contributed by atoms with E-state index in [-0.39, 0.29) is 17.2 Å². The molecule has 3 rings (SSSR count). The van der Waals surface area contributed by atoms with Gasteiger partial charge in [0.25, 0.3) is 5.91 Å². The van der Waals surface area contributed by atoms with Gasteiger partial charge in [0.2, 0.25) is 5.76 Å². The van der Waals surface area contributed by atoms with Crippen molar-refractivity contribution in [1.82, 2.24) is 10.1 Å². The second-order valence-corrected chi connectivity index (χ2v) is 7.23. The zero-order valence-corrected chi connectivity index (χ0v) is 14.1. The molecule has 1 atom stereocenters. The molecular formula is C16H17F3N2O2S. The van der Waals surface area contributed by atoms with E-state index in [1.165, 1.54) is 6.92 Å². The Labute approximate surface area is 141 Å².